The van der Waals surface area contributed by atoms with Gasteiger partial charge in [0.05, 0.1) is 11.7 Å². The molecule has 2 atom stereocenters. The Morgan fingerprint density at radius 2 is 1.75 bits per heavy atom. The summed E-state index contributed by atoms with van der Waals surface area (Å²) < 4.78 is 36.2. The highest BCUT2D eigenvalue weighted by molar-refractivity contribution is 8.17. The number of Topliss-reactive ketones (excluding diaryl/α,β-unsaturated/α-hetero) is 1. The average molecular weight is 535 g/mol. The van der Waals surface area contributed by atoms with Crippen LogP contribution in [0.3, 0.4) is 0 Å². The molecule has 3 heterocycles. The lowest BCUT2D eigenvalue weighted by Gasteiger charge is -2.31. The summed E-state index contributed by atoms with van der Waals surface area (Å²) in [6, 6.07) is 4.57. The Balaban J connectivity index is 1.55. The van der Waals surface area contributed by atoms with Gasteiger partial charge >= 0.3 is 0 Å². The molecular formula is C23H26N4O7S2. The number of carbonyl (C=O) groups excluding carboxylic acids is 1. The molecule has 1 aliphatic heterocycles. The van der Waals surface area contributed by atoms with Crippen LogP contribution in [0.15, 0.2) is 47.8 Å². The fraction of sp³-hybridized carbons (Fsp3) is 0.391. The molecule has 0 spiro atoms. The minimum absolute atomic E-state index is 0.00850. The first-order valence-electron chi connectivity index (χ1n) is 11.0. The highest BCUT2D eigenvalue weighted by Gasteiger charge is 2.43. The van der Waals surface area contributed by atoms with Gasteiger partial charge in [0.2, 0.25) is 5.78 Å². The van der Waals surface area contributed by atoms with Gasteiger partial charge in [-0.1, -0.05) is 25.9 Å². The Kier molecular flexibility index (Phi) is 6.41. The Labute approximate surface area is 211 Å². The van der Waals surface area contributed by atoms with Crippen LogP contribution in [0, 0.1) is 19.3 Å². The van der Waals surface area contributed by atoms with Crippen molar-refractivity contribution in [1.82, 2.24) is 5.16 Å². The van der Waals surface area contributed by atoms with Crippen LogP contribution in [0.2, 0.25) is 0 Å². The first kappa shape index (κ1) is 25.8. The maximum absolute atomic E-state index is 13.0. The zero-order chi connectivity index (χ0) is 26.6. The first-order valence-corrected chi connectivity index (χ1v) is 13.4. The molecule has 192 valence electrons. The molecule has 2 aromatic heterocycles. The smallest absolute Gasteiger partial charge is 0.256 e. The molecule has 0 bridgehead atoms. The molecule has 1 unspecified atom stereocenters. The van der Waals surface area contributed by atoms with E-state index < -0.39 is 42.7 Å². The summed E-state index contributed by atoms with van der Waals surface area (Å²) in [6.45, 7) is 9.26. The van der Waals surface area contributed by atoms with Crippen LogP contribution in [0.5, 0.6) is 0 Å². The van der Waals surface area contributed by atoms with Crippen molar-refractivity contribution in [3.63, 3.8) is 0 Å². The molecule has 0 radical (unpaired) electrons. The van der Waals surface area contributed by atoms with E-state index in [0.717, 1.165) is 16.1 Å². The van der Waals surface area contributed by atoms with E-state index in [4.69, 9.17) is 8.94 Å². The van der Waals surface area contributed by atoms with Crippen molar-refractivity contribution < 1.29 is 22.2 Å². The third kappa shape index (κ3) is 4.48. The highest BCUT2D eigenvalue weighted by atomic mass is 32.3. The SMILES string of the molecule is Cc1cc(N(C)S(=O)(=O)C2SC=C(Nc3c(N[C@@H](c4ccc(C)o4)C(C)(C)C)c(=O)c3=O)C2=O)no1. The number of furan rings is 1. The van der Waals surface area contributed by atoms with E-state index in [-0.39, 0.29) is 22.9 Å². The summed E-state index contributed by atoms with van der Waals surface area (Å²) in [5.74, 6) is 0.984. The summed E-state index contributed by atoms with van der Waals surface area (Å²) in [7, 11) is -2.89. The molecule has 0 amide bonds. The Hall–Kier alpha value is -3.32. The van der Waals surface area contributed by atoms with Crippen molar-refractivity contribution in [2.24, 2.45) is 5.41 Å². The van der Waals surface area contributed by atoms with Crippen molar-refractivity contribution >= 4 is 44.8 Å². The number of nitrogens with zero attached hydrogens (tertiary/aromatic N) is 2. The van der Waals surface area contributed by atoms with Crippen molar-refractivity contribution in [3.8, 4) is 0 Å². The van der Waals surface area contributed by atoms with Crippen molar-refractivity contribution in [2.75, 3.05) is 22.0 Å². The molecule has 0 aliphatic carbocycles. The number of aryl methyl sites for hydroxylation is 2. The molecule has 0 saturated heterocycles. The quantitative estimate of drug-likeness (QED) is 0.410. The van der Waals surface area contributed by atoms with Gasteiger partial charge in [0.25, 0.3) is 20.9 Å². The van der Waals surface area contributed by atoms with Gasteiger partial charge in [0, 0.05) is 13.1 Å². The number of nitrogens with one attached hydrogen (secondary N) is 2. The van der Waals surface area contributed by atoms with Gasteiger partial charge in [0.15, 0.2) is 10.4 Å². The van der Waals surface area contributed by atoms with Gasteiger partial charge in [0.1, 0.15) is 28.7 Å². The number of aromatic nitrogens is 1. The monoisotopic (exact) mass is 534 g/mol. The number of sulfonamides is 1. The van der Waals surface area contributed by atoms with Crippen LogP contribution in [-0.4, -0.2) is 31.0 Å². The van der Waals surface area contributed by atoms with Crippen molar-refractivity contribution in [1.29, 1.82) is 0 Å². The number of hydrogen-bond donors (Lipinski definition) is 2. The third-order valence-electron chi connectivity index (χ3n) is 5.75. The van der Waals surface area contributed by atoms with E-state index in [2.05, 4.69) is 15.8 Å². The van der Waals surface area contributed by atoms with E-state index in [1.165, 1.54) is 18.5 Å². The molecular weight excluding hydrogens is 508 g/mol. The summed E-state index contributed by atoms with van der Waals surface area (Å²) in [4.78, 5) is 37.8. The van der Waals surface area contributed by atoms with Crippen LogP contribution in [0.1, 0.15) is 44.1 Å². The number of allylic oxidation sites excluding steroid dienone is 1. The molecule has 1 aromatic carbocycles. The Bertz CT molecular complexity index is 1530. The second kappa shape index (κ2) is 8.96. The number of hydrogen-bond acceptors (Lipinski definition) is 11. The summed E-state index contributed by atoms with van der Waals surface area (Å²) in [6.07, 6.45) is 0. The highest BCUT2D eigenvalue weighted by Crippen LogP contribution is 2.39. The maximum atomic E-state index is 13.0. The minimum Gasteiger partial charge on any atom is -0.464 e. The summed E-state index contributed by atoms with van der Waals surface area (Å²) >= 11 is 0.777. The fourth-order valence-corrected chi connectivity index (χ4v) is 6.53. The van der Waals surface area contributed by atoms with Crippen LogP contribution in [0.4, 0.5) is 17.2 Å². The number of rotatable bonds is 8. The summed E-state index contributed by atoms with van der Waals surface area (Å²) in [5, 5.41) is 10.8. The standard InChI is InChI=1S/C23H26N4O7S2/c1-11-7-8-14(33-11)21(23(3,4)5)25-17-16(19(29)20(17)30)24-13-10-35-22(18(13)28)36(31,32)27(6)15-9-12(2)34-26-15/h7-10,21-22,24-25H,1-6H3/t21-,22?/m0/s1. The van der Waals surface area contributed by atoms with E-state index in [1.54, 1.807) is 26.0 Å². The average Bonchev–Trinajstić information content (AvgIpc) is 3.52. The Morgan fingerprint density at radius 3 is 2.31 bits per heavy atom. The maximum Gasteiger partial charge on any atom is 0.256 e. The second-order valence-corrected chi connectivity index (χ2v) is 12.9. The molecule has 1 aliphatic rings. The van der Waals surface area contributed by atoms with Gasteiger partial charge in [-0.2, -0.15) is 0 Å². The van der Waals surface area contributed by atoms with Gasteiger partial charge < -0.3 is 19.6 Å². The zero-order valence-corrected chi connectivity index (χ0v) is 22.2. The van der Waals surface area contributed by atoms with Crippen molar-refractivity contribution in [3.05, 3.63) is 67.0 Å². The molecule has 4 rings (SSSR count). The molecule has 0 saturated carbocycles. The van der Waals surface area contributed by atoms with E-state index >= 15 is 0 Å². The largest absolute Gasteiger partial charge is 0.464 e. The van der Waals surface area contributed by atoms with E-state index in [1.807, 2.05) is 20.8 Å². The lowest BCUT2D eigenvalue weighted by atomic mass is 9.85. The van der Waals surface area contributed by atoms with Crippen LogP contribution in [0.25, 0.3) is 0 Å². The number of thioether (sulfide) groups is 1. The van der Waals surface area contributed by atoms with Crippen molar-refractivity contribution in [2.45, 2.75) is 45.2 Å². The number of anilines is 3. The predicted octanol–water partition coefficient (Wildman–Crippen LogP) is 3.04. The van der Waals surface area contributed by atoms with Crippen LogP contribution in [-0.2, 0) is 14.8 Å². The topological polar surface area (TPSA) is 152 Å². The summed E-state index contributed by atoms with van der Waals surface area (Å²) in [5.41, 5.74) is -2.14. The normalized spacial score (nSPS) is 17.3. The molecule has 11 nitrogen and oxygen atoms in total. The number of carbonyl (C=O) groups is 1. The molecule has 2 N–H and O–H groups in total. The Morgan fingerprint density at radius 1 is 1.08 bits per heavy atom. The van der Waals surface area contributed by atoms with Gasteiger partial charge in [-0.05, 0) is 36.8 Å². The van der Waals surface area contributed by atoms with Gasteiger partial charge in [-0.25, -0.2) is 8.42 Å². The molecule has 13 heteroatoms. The first-order chi connectivity index (χ1) is 16.7. The lowest BCUT2D eigenvalue weighted by molar-refractivity contribution is -0.113. The minimum atomic E-state index is -4.16. The van der Waals surface area contributed by atoms with E-state index in [9.17, 15) is 22.8 Å². The molecule has 0 fully saturated rings. The third-order valence-corrected chi connectivity index (χ3v) is 9.35. The van der Waals surface area contributed by atoms with Crippen LogP contribution >= 0.6 is 11.8 Å². The van der Waals surface area contributed by atoms with Gasteiger partial charge in [-0.15, -0.1) is 11.8 Å². The molecule has 36 heavy (non-hydrogen) atoms. The second-order valence-electron chi connectivity index (χ2n) is 9.60. The molecule has 3 aromatic rings. The predicted molar refractivity (Wildman–Crippen MR) is 137 cm³/mol. The van der Waals surface area contributed by atoms with Gasteiger partial charge in [-0.3, -0.25) is 18.7 Å². The van der Waals surface area contributed by atoms with Crippen LogP contribution < -0.4 is 25.8 Å². The lowest BCUT2D eigenvalue weighted by Crippen LogP contribution is -2.41. The number of ketones is 1. The fourth-order valence-electron chi connectivity index (χ4n) is 3.70. The van der Waals surface area contributed by atoms with E-state index in [0.29, 0.717) is 17.3 Å². The zero-order valence-electron chi connectivity index (χ0n) is 20.5.